The summed E-state index contributed by atoms with van der Waals surface area (Å²) in [6.07, 6.45) is 5.12. The molecule has 174 valence electrons. The van der Waals surface area contributed by atoms with Crippen molar-refractivity contribution in [1.29, 1.82) is 0 Å². The second kappa shape index (κ2) is 9.82. The summed E-state index contributed by atoms with van der Waals surface area (Å²) in [6.45, 7) is 0.147. The molecule has 5 aromatic rings. The predicted octanol–water partition coefficient (Wildman–Crippen LogP) is 5.19. The van der Waals surface area contributed by atoms with E-state index in [0.717, 1.165) is 33.5 Å². The molecular formula is C27H22FN5O2. The van der Waals surface area contributed by atoms with Gasteiger partial charge in [0.05, 0.1) is 40.5 Å². The van der Waals surface area contributed by atoms with Crippen LogP contribution in [0.1, 0.15) is 11.5 Å². The highest BCUT2D eigenvalue weighted by atomic mass is 19.1. The number of aromatic amines is 1. The summed E-state index contributed by atoms with van der Waals surface area (Å²) in [6, 6.07) is 19.0. The van der Waals surface area contributed by atoms with Gasteiger partial charge < -0.3 is 15.0 Å². The minimum Gasteiger partial charge on any atom is -0.384 e. The van der Waals surface area contributed by atoms with Crippen LogP contribution in [0.2, 0.25) is 0 Å². The average Bonchev–Trinajstić information content (AvgIpc) is 3.28. The van der Waals surface area contributed by atoms with Gasteiger partial charge in [0, 0.05) is 31.3 Å². The summed E-state index contributed by atoms with van der Waals surface area (Å²) in [5.41, 5.74) is 5.63. The smallest absolute Gasteiger partial charge is 0.235 e. The maximum absolute atomic E-state index is 13.4. The molecule has 0 bridgehead atoms. The maximum Gasteiger partial charge on any atom is 0.235 e. The third kappa shape index (κ3) is 4.64. The highest BCUT2D eigenvalue weighted by Crippen LogP contribution is 2.36. The van der Waals surface area contributed by atoms with Crippen molar-refractivity contribution in [2.75, 3.05) is 19.0 Å². The van der Waals surface area contributed by atoms with Gasteiger partial charge in [-0.05, 0) is 54.1 Å². The molecule has 1 atom stereocenters. The molecule has 4 heterocycles. The molecule has 2 N–H and O–H groups in total. The Bertz CT molecular complexity index is 1470. The minimum atomic E-state index is -0.618. The van der Waals surface area contributed by atoms with Crippen molar-refractivity contribution < 1.29 is 13.9 Å². The Morgan fingerprint density at radius 3 is 2.60 bits per heavy atom. The van der Waals surface area contributed by atoms with Crippen LogP contribution in [0.5, 0.6) is 0 Å². The molecule has 1 amide bonds. The summed E-state index contributed by atoms with van der Waals surface area (Å²) in [4.78, 5) is 30.0. The van der Waals surface area contributed by atoms with Crippen molar-refractivity contribution in [2.45, 2.75) is 5.92 Å². The summed E-state index contributed by atoms with van der Waals surface area (Å²) in [7, 11) is 1.52. The number of hydrogen-bond acceptors (Lipinski definition) is 5. The summed E-state index contributed by atoms with van der Waals surface area (Å²) < 4.78 is 18.6. The predicted molar refractivity (Wildman–Crippen MR) is 132 cm³/mol. The van der Waals surface area contributed by atoms with Crippen LogP contribution in [0.4, 0.5) is 10.2 Å². The van der Waals surface area contributed by atoms with Crippen LogP contribution in [-0.4, -0.2) is 39.6 Å². The SMILES string of the molecule is COCC(C(=O)Nc1cc(-c2[nH]c3cccnc3c2-c2ccccn2)ccn1)c1ccc(F)cc1. The van der Waals surface area contributed by atoms with Crippen LogP contribution in [0.15, 0.2) is 85.3 Å². The second-order valence-corrected chi connectivity index (χ2v) is 7.97. The largest absolute Gasteiger partial charge is 0.384 e. The van der Waals surface area contributed by atoms with Gasteiger partial charge in [-0.3, -0.25) is 14.8 Å². The highest BCUT2D eigenvalue weighted by molar-refractivity contribution is 6.01. The Morgan fingerprint density at radius 2 is 1.83 bits per heavy atom. The Balaban J connectivity index is 1.50. The number of rotatable bonds is 7. The normalized spacial score (nSPS) is 11.9. The molecule has 8 heteroatoms. The first kappa shape index (κ1) is 22.4. The Morgan fingerprint density at radius 1 is 1.00 bits per heavy atom. The first-order chi connectivity index (χ1) is 17.1. The lowest BCUT2D eigenvalue weighted by atomic mass is 9.99. The van der Waals surface area contributed by atoms with E-state index >= 15 is 0 Å². The Labute approximate surface area is 201 Å². The number of H-pyrrole nitrogens is 1. The Kier molecular flexibility index (Phi) is 6.28. The molecule has 0 spiro atoms. The van der Waals surface area contributed by atoms with Gasteiger partial charge in [-0.25, -0.2) is 9.37 Å². The number of nitrogens with zero attached hydrogens (tertiary/aromatic N) is 3. The van der Waals surface area contributed by atoms with E-state index < -0.39 is 5.92 Å². The van der Waals surface area contributed by atoms with Crippen LogP contribution in [0.3, 0.4) is 0 Å². The molecule has 0 aliphatic rings. The lowest BCUT2D eigenvalue weighted by Gasteiger charge is -2.16. The van der Waals surface area contributed by atoms with Crippen LogP contribution in [-0.2, 0) is 9.53 Å². The van der Waals surface area contributed by atoms with Gasteiger partial charge in [0.2, 0.25) is 5.91 Å². The number of methoxy groups -OCH3 is 1. The first-order valence-electron chi connectivity index (χ1n) is 11.0. The Hall–Kier alpha value is -4.43. The molecule has 35 heavy (non-hydrogen) atoms. The number of amides is 1. The van der Waals surface area contributed by atoms with Crippen molar-refractivity contribution in [3.8, 4) is 22.5 Å². The number of halogens is 1. The number of pyridine rings is 3. The molecule has 7 nitrogen and oxygen atoms in total. The van der Waals surface area contributed by atoms with Crippen molar-refractivity contribution in [1.82, 2.24) is 19.9 Å². The molecule has 0 radical (unpaired) electrons. The standard InChI is InChI=1S/C27H22FN5O2/c1-35-16-20(17-7-9-19(28)10-8-17)27(34)33-23-15-18(11-14-30-23)25-24(21-5-2-3-12-29-21)26-22(32-25)6-4-13-31-26/h2-15,20,32H,16H2,1H3,(H,30,33,34). The molecular weight excluding hydrogens is 445 g/mol. The lowest BCUT2D eigenvalue weighted by molar-refractivity contribution is -0.118. The number of ether oxygens (including phenoxy) is 1. The maximum atomic E-state index is 13.4. The van der Waals surface area contributed by atoms with E-state index in [2.05, 4.69) is 25.3 Å². The summed E-state index contributed by atoms with van der Waals surface area (Å²) in [5, 5.41) is 2.87. The quantitative estimate of drug-likeness (QED) is 0.343. The molecule has 0 fully saturated rings. The van der Waals surface area contributed by atoms with E-state index in [9.17, 15) is 9.18 Å². The van der Waals surface area contributed by atoms with E-state index in [-0.39, 0.29) is 18.3 Å². The van der Waals surface area contributed by atoms with Gasteiger partial charge >= 0.3 is 0 Å². The van der Waals surface area contributed by atoms with Crippen molar-refractivity contribution in [2.24, 2.45) is 0 Å². The van der Waals surface area contributed by atoms with Crippen LogP contribution in [0, 0.1) is 5.82 Å². The molecule has 0 aliphatic heterocycles. The zero-order valence-electron chi connectivity index (χ0n) is 18.9. The number of anilines is 1. The minimum absolute atomic E-state index is 0.147. The van der Waals surface area contributed by atoms with E-state index in [0.29, 0.717) is 11.4 Å². The van der Waals surface area contributed by atoms with E-state index in [1.165, 1.54) is 19.2 Å². The van der Waals surface area contributed by atoms with Gasteiger partial charge in [-0.15, -0.1) is 0 Å². The third-order valence-electron chi connectivity index (χ3n) is 5.70. The van der Waals surface area contributed by atoms with E-state index in [4.69, 9.17) is 4.74 Å². The molecule has 4 aromatic heterocycles. The summed E-state index contributed by atoms with van der Waals surface area (Å²) in [5.74, 6) is -0.899. The number of aromatic nitrogens is 4. The zero-order chi connectivity index (χ0) is 24.2. The fourth-order valence-corrected chi connectivity index (χ4v) is 4.05. The number of carbonyl (C=O) groups excluding carboxylic acids is 1. The van der Waals surface area contributed by atoms with Crippen molar-refractivity contribution in [3.05, 3.63) is 96.7 Å². The van der Waals surface area contributed by atoms with Gasteiger partial charge in [0.25, 0.3) is 0 Å². The molecule has 0 aliphatic carbocycles. The highest BCUT2D eigenvalue weighted by Gasteiger charge is 2.22. The lowest BCUT2D eigenvalue weighted by Crippen LogP contribution is -2.25. The summed E-state index contributed by atoms with van der Waals surface area (Å²) >= 11 is 0. The molecule has 0 saturated carbocycles. The third-order valence-corrected chi connectivity index (χ3v) is 5.70. The number of hydrogen-bond donors (Lipinski definition) is 2. The molecule has 1 aromatic carbocycles. The van der Waals surface area contributed by atoms with Crippen LogP contribution < -0.4 is 5.32 Å². The molecule has 0 saturated heterocycles. The fourth-order valence-electron chi connectivity index (χ4n) is 4.05. The van der Waals surface area contributed by atoms with E-state index in [1.807, 2.05) is 36.4 Å². The second-order valence-electron chi connectivity index (χ2n) is 7.97. The fraction of sp³-hybridized carbons (Fsp3) is 0.111. The van der Waals surface area contributed by atoms with Gasteiger partial charge in [0.15, 0.2) is 0 Å². The number of carbonyl (C=O) groups is 1. The number of benzene rings is 1. The zero-order valence-corrected chi connectivity index (χ0v) is 18.9. The average molecular weight is 468 g/mol. The van der Waals surface area contributed by atoms with Gasteiger partial charge in [-0.1, -0.05) is 18.2 Å². The van der Waals surface area contributed by atoms with E-state index in [1.54, 1.807) is 36.8 Å². The van der Waals surface area contributed by atoms with Crippen LogP contribution in [0.25, 0.3) is 33.5 Å². The topological polar surface area (TPSA) is 92.8 Å². The molecule has 1 unspecified atom stereocenters. The van der Waals surface area contributed by atoms with Gasteiger partial charge in [-0.2, -0.15) is 0 Å². The monoisotopic (exact) mass is 467 g/mol. The van der Waals surface area contributed by atoms with Crippen molar-refractivity contribution in [3.63, 3.8) is 0 Å². The van der Waals surface area contributed by atoms with Crippen LogP contribution >= 0.6 is 0 Å². The molecule has 5 rings (SSSR count). The first-order valence-corrected chi connectivity index (χ1v) is 11.0. The number of nitrogens with one attached hydrogen (secondary N) is 2. The van der Waals surface area contributed by atoms with Crippen molar-refractivity contribution >= 4 is 22.8 Å². The van der Waals surface area contributed by atoms with Gasteiger partial charge in [0.1, 0.15) is 11.6 Å². The number of fused-ring (bicyclic) bond motifs is 1.